The van der Waals surface area contributed by atoms with E-state index in [2.05, 4.69) is 70.6 Å². The molecule has 1 heterocycles. The van der Waals surface area contributed by atoms with Crippen LogP contribution in [0.25, 0.3) is 0 Å². The van der Waals surface area contributed by atoms with Gasteiger partial charge < -0.3 is 5.32 Å². The maximum absolute atomic E-state index is 3.54. The number of benzene rings is 1. The van der Waals surface area contributed by atoms with Crippen molar-refractivity contribution in [2.45, 2.75) is 6.54 Å². The van der Waals surface area contributed by atoms with Crippen molar-refractivity contribution in [3.05, 3.63) is 47.9 Å². The third-order valence-electron chi connectivity index (χ3n) is 2.03. The zero-order chi connectivity index (χ0) is 11.5. The van der Waals surface area contributed by atoms with E-state index in [0.717, 1.165) is 25.7 Å². The monoisotopic (exact) mass is 423 g/mol. The molecular formula is C11H8Br3NS. The molecule has 2 rings (SSSR count). The molecule has 0 aliphatic heterocycles. The third kappa shape index (κ3) is 3.09. The van der Waals surface area contributed by atoms with Crippen molar-refractivity contribution in [3.8, 4) is 0 Å². The molecule has 1 N–H and O–H groups in total. The number of hydrogen-bond acceptors (Lipinski definition) is 2. The number of thiophene rings is 1. The van der Waals surface area contributed by atoms with Crippen molar-refractivity contribution in [1.29, 1.82) is 0 Å². The van der Waals surface area contributed by atoms with Gasteiger partial charge in [0.25, 0.3) is 0 Å². The molecule has 0 unspecified atom stereocenters. The van der Waals surface area contributed by atoms with E-state index >= 15 is 0 Å². The molecule has 16 heavy (non-hydrogen) atoms. The van der Waals surface area contributed by atoms with Gasteiger partial charge >= 0.3 is 0 Å². The number of rotatable bonds is 3. The Bertz CT molecular complexity index is 459. The van der Waals surface area contributed by atoms with E-state index < -0.39 is 0 Å². The zero-order valence-electron chi connectivity index (χ0n) is 8.14. The van der Waals surface area contributed by atoms with Gasteiger partial charge in [-0.1, -0.05) is 22.0 Å². The van der Waals surface area contributed by atoms with Crippen molar-refractivity contribution >= 4 is 64.8 Å². The molecule has 5 heteroatoms. The first kappa shape index (κ1) is 12.6. The first-order valence-corrected chi connectivity index (χ1v) is 7.83. The molecule has 1 nitrogen and oxygen atoms in total. The fraction of sp³-hybridized carbons (Fsp3) is 0.0909. The fourth-order valence-electron chi connectivity index (χ4n) is 1.30. The van der Waals surface area contributed by atoms with Crippen LogP contribution in [0.4, 0.5) is 5.69 Å². The Morgan fingerprint density at radius 2 is 1.81 bits per heavy atom. The van der Waals surface area contributed by atoms with Gasteiger partial charge in [0.05, 0.1) is 5.69 Å². The smallest absolute Gasteiger partial charge is 0.0632 e. The van der Waals surface area contributed by atoms with Crippen molar-refractivity contribution < 1.29 is 0 Å². The summed E-state index contributed by atoms with van der Waals surface area (Å²) in [6, 6.07) is 8.24. The van der Waals surface area contributed by atoms with Gasteiger partial charge in [-0.15, -0.1) is 11.3 Å². The molecular weight excluding hydrogens is 418 g/mol. The normalized spacial score (nSPS) is 10.4. The summed E-state index contributed by atoms with van der Waals surface area (Å²) in [5.74, 6) is 0. The summed E-state index contributed by atoms with van der Waals surface area (Å²) in [5, 5.41) is 5.49. The van der Waals surface area contributed by atoms with Gasteiger partial charge in [-0.2, -0.15) is 0 Å². The standard InChI is InChI=1S/C11H8Br3NS/c12-7-4-9(13)11(10(14)5-7)15-6-8-2-1-3-16-8/h1-5,15H,6H2. The highest BCUT2D eigenvalue weighted by atomic mass is 79.9. The van der Waals surface area contributed by atoms with E-state index in [1.165, 1.54) is 4.88 Å². The molecule has 0 atom stereocenters. The van der Waals surface area contributed by atoms with Crippen LogP contribution in [-0.4, -0.2) is 0 Å². The Hall–Kier alpha value is 0.160. The topological polar surface area (TPSA) is 12.0 Å². The summed E-state index contributed by atoms with van der Waals surface area (Å²) in [6.45, 7) is 0.844. The van der Waals surface area contributed by atoms with Crippen molar-refractivity contribution in [2.24, 2.45) is 0 Å². The van der Waals surface area contributed by atoms with Crippen molar-refractivity contribution in [2.75, 3.05) is 5.32 Å². The molecule has 1 aromatic carbocycles. The summed E-state index contributed by atoms with van der Waals surface area (Å²) in [4.78, 5) is 1.32. The first-order valence-electron chi connectivity index (χ1n) is 4.57. The lowest BCUT2D eigenvalue weighted by molar-refractivity contribution is 1.18. The van der Waals surface area contributed by atoms with Crippen LogP contribution in [-0.2, 0) is 6.54 Å². The predicted octanol–water partition coefficient (Wildman–Crippen LogP) is 5.65. The Labute approximate surface area is 124 Å². The number of halogens is 3. The Balaban J connectivity index is 2.15. The number of nitrogens with one attached hydrogen (secondary N) is 1. The second-order valence-electron chi connectivity index (χ2n) is 3.18. The predicted molar refractivity (Wildman–Crippen MR) is 81.2 cm³/mol. The van der Waals surface area contributed by atoms with Crippen LogP contribution in [0.1, 0.15) is 4.88 Å². The largest absolute Gasteiger partial charge is 0.378 e. The van der Waals surface area contributed by atoms with Gasteiger partial charge in [0, 0.05) is 24.8 Å². The molecule has 0 spiro atoms. The summed E-state index contributed by atoms with van der Waals surface area (Å²) < 4.78 is 3.14. The van der Waals surface area contributed by atoms with Crippen LogP contribution in [0.5, 0.6) is 0 Å². The van der Waals surface area contributed by atoms with E-state index in [4.69, 9.17) is 0 Å². The van der Waals surface area contributed by atoms with Crippen molar-refractivity contribution in [3.63, 3.8) is 0 Å². The van der Waals surface area contributed by atoms with Gasteiger partial charge in [-0.05, 0) is 55.4 Å². The lowest BCUT2D eigenvalue weighted by atomic mass is 10.3. The van der Waals surface area contributed by atoms with E-state index in [9.17, 15) is 0 Å². The maximum atomic E-state index is 3.54. The Morgan fingerprint density at radius 3 is 2.38 bits per heavy atom. The summed E-state index contributed by atoms with van der Waals surface area (Å²) in [6.07, 6.45) is 0. The van der Waals surface area contributed by atoms with Crippen LogP contribution in [0.2, 0.25) is 0 Å². The molecule has 0 fully saturated rings. The first-order chi connectivity index (χ1) is 7.66. The summed E-state index contributed by atoms with van der Waals surface area (Å²) in [5.41, 5.74) is 1.08. The molecule has 1 aromatic heterocycles. The SMILES string of the molecule is Brc1cc(Br)c(NCc2cccs2)c(Br)c1. The zero-order valence-corrected chi connectivity index (χ0v) is 13.7. The average Bonchev–Trinajstić information content (AvgIpc) is 2.68. The molecule has 0 saturated carbocycles. The molecule has 84 valence electrons. The molecule has 0 saturated heterocycles. The number of anilines is 1. The Kier molecular flexibility index (Phi) is 4.47. The van der Waals surface area contributed by atoms with E-state index in [0.29, 0.717) is 0 Å². The van der Waals surface area contributed by atoms with Gasteiger partial charge in [-0.3, -0.25) is 0 Å². The van der Waals surface area contributed by atoms with Crippen LogP contribution >= 0.6 is 59.1 Å². The molecule has 0 amide bonds. The third-order valence-corrected chi connectivity index (χ3v) is 4.61. The Morgan fingerprint density at radius 1 is 1.12 bits per heavy atom. The summed E-state index contributed by atoms with van der Waals surface area (Å²) in [7, 11) is 0. The van der Waals surface area contributed by atoms with Crippen LogP contribution < -0.4 is 5.32 Å². The van der Waals surface area contributed by atoms with Crippen molar-refractivity contribution in [1.82, 2.24) is 0 Å². The summed E-state index contributed by atoms with van der Waals surface area (Å²) >= 11 is 12.3. The molecule has 0 bridgehead atoms. The van der Waals surface area contributed by atoms with Gasteiger partial charge in [0.2, 0.25) is 0 Å². The number of hydrogen-bond donors (Lipinski definition) is 1. The minimum Gasteiger partial charge on any atom is -0.378 e. The van der Waals surface area contributed by atoms with Crippen LogP contribution in [0.3, 0.4) is 0 Å². The minimum atomic E-state index is 0.844. The van der Waals surface area contributed by atoms with Gasteiger partial charge in [0.15, 0.2) is 0 Å². The highest BCUT2D eigenvalue weighted by molar-refractivity contribution is 9.11. The van der Waals surface area contributed by atoms with Gasteiger partial charge in [-0.25, -0.2) is 0 Å². The average molecular weight is 426 g/mol. The van der Waals surface area contributed by atoms with E-state index in [1.54, 1.807) is 11.3 Å². The second-order valence-corrected chi connectivity index (χ2v) is 6.83. The lowest BCUT2D eigenvalue weighted by Crippen LogP contribution is -1.99. The lowest BCUT2D eigenvalue weighted by Gasteiger charge is -2.10. The minimum absolute atomic E-state index is 0.844. The molecule has 0 aliphatic rings. The highest BCUT2D eigenvalue weighted by Crippen LogP contribution is 2.34. The molecule has 0 aliphatic carbocycles. The maximum Gasteiger partial charge on any atom is 0.0632 e. The molecule has 0 radical (unpaired) electrons. The van der Waals surface area contributed by atoms with E-state index in [1.807, 2.05) is 12.1 Å². The highest BCUT2D eigenvalue weighted by Gasteiger charge is 2.06. The van der Waals surface area contributed by atoms with Gasteiger partial charge in [0.1, 0.15) is 0 Å². The quantitative estimate of drug-likeness (QED) is 0.670. The van der Waals surface area contributed by atoms with E-state index in [-0.39, 0.29) is 0 Å². The van der Waals surface area contributed by atoms with Crippen LogP contribution in [0.15, 0.2) is 43.1 Å². The fourth-order valence-corrected chi connectivity index (χ4v) is 4.48. The van der Waals surface area contributed by atoms with Crippen LogP contribution in [0, 0.1) is 0 Å². The molecule has 2 aromatic rings. The second kappa shape index (κ2) is 5.67.